The zero-order chi connectivity index (χ0) is 10.0. The third-order valence-corrected chi connectivity index (χ3v) is 2.35. The monoisotopic (exact) mass is 243 g/mol. The van der Waals surface area contributed by atoms with Gasteiger partial charge in [-0.05, 0) is 28.1 Å². The number of carbonyl (C=O) groups is 1. The molecule has 0 fully saturated rings. The van der Waals surface area contributed by atoms with Gasteiger partial charge in [0.2, 0.25) is 0 Å². The van der Waals surface area contributed by atoms with Crippen molar-refractivity contribution >= 4 is 27.6 Å². The first-order chi connectivity index (χ1) is 6.04. The molecule has 0 aliphatic heterocycles. The van der Waals surface area contributed by atoms with Gasteiger partial charge in [0.15, 0.2) is 0 Å². The Labute approximate surface area is 85.1 Å². The number of nitrogens with zero attached hydrogens (tertiary/aromatic N) is 1. The van der Waals surface area contributed by atoms with Crippen LogP contribution in [-0.4, -0.2) is 25.2 Å². The van der Waals surface area contributed by atoms with E-state index in [1.54, 1.807) is 17.0 Å². The number of aromatic carboxylic acids is 1. The summed E-state index contributed by atoms with van der Waals surface area (Å²) in [6, 6.07) is 5.30. The molecule has 0 aliphatic carbocycles. The van der Waals surface area contributed by atoms with Crippen LogP contribution in [0.5, 0.6) is 0 Å². The van der Waals surface area contributed by atoms with Gasteiger partial charge in [-0.2, -0.15) is 0 Å². The van der Waals surface area contributed by atoms with Crippen molar-refractivity contribution in [1.29, 1.82) is 0 Å². The van der Waals surface area contributed by atoms with Crippen LogP contribution in [0.15, 0.2) is 22.7 Å². The van der Waals surface area contributed by atoms with E-state index in [0.29, 0.717) is 15.7 Å². The van der Waals surface area contributed by atoms with Gasteiger partial charge in [0.05, 0.1) is 11.3 Å². The van der Waals surface area contributed by atoms with Crippen molar-refractivity contribution in [3.05, 3.63) is 28.2 Å². The van der Waals surface area contributed by atoms with Gasteiger partial charge in [-0.15, -0.1) is 0 Å². The molecule has 70 valence electrons. The SMILES string of the molecule is CN(C)c1cccc(Br)c1C(=O)O. The van der Waals surface area contributed by atoms with Crippen molar-refractivity contribution in [2.45, 2.75) is 0 Å². The Morgan fingerprint density at radius 2 is 2.08 bits per heavy atom. The maximum atomic E-state index is 10.9. The van der Waals surface area contributed by atoms with Crippen LogP contribution in [0.2, 0.25) is 0 Å². The highest BCUT2D eigenvalue weighted by Crippen LogP contribution is 2.26. The summed E-state index contributed by atoms with van der Waals surface area (Å²) in [5.74, 6) is -0.920. The molecule has 0 heterocycles. The van der Waals surface area contributed by atoms with Gasteiger partial charge in [0.1, 0.15) is 0 Å². The Hall–Kier alpha value is -1.03. The Bertz CT molecular complexity index is 336. The molecule has 1 aromatic rings. The summed E-state index contributed by atoms with van der Waals surface area (Å²) in [5, 5.41) is 8.94. The first kappa shape index (κ1) is 10.1. The van der Waals surface area contributed by atoms with Gasteiger partial charge in [0.25, 0.3) is 0 Å². The topological polar surface area (TPSA) is 40.5 Å². The fourth-order valence-electron chi connectivity index (χ4n) is 1.10. The highest BCUT2D eigenvalue weighted by Gasteiger charge is 2.14. The molecule has 0 aromatic heterocycles. The van der Waals surface area contributed by atoms with Crippen LogP contribution >= 0.6 is 15.9 Å². The van der Waals surface area contributed by atoms with Crippen molar-refractivity contribution in [3.8, 4) is 0 Å². The van der Waals surface area contributed by atoms with E-state index in [2.05, 4.69) is 15.9 Å². The quantitative estimate of drug-likeness (QED) is 0.867. The van der Waals surface area contributed by atoms with Crippen molar-refractivity contribution in [3.63, 3.8) is 0 Å². The minimum absolute atomic E-state index is 0.299. The maximum absolute atomic E-state index is 10.9. The number of hydrogen-bond donors (Lipinski definition) is 1. The molecule has 0 atom stereocenters. The van der Waals surface area contributed by atoms with Crippen LogP contribution < -0.4 is 4.90 Å². The van der Waals surface area contributed by atoms with Crippen LogP contribution in [0.3, 0.4) is 0 Å². The predicted molar refractivity (Wildman–Crippen MR) is 55.4 cm³/mol. The Kier molecular flexibility index (Phi) is 2.93. The van der Waals surface area contributed by atoms with E-state index >= 15 is 0 Å². The van der Waals surface area contributed by atoms with E-state index in [1.165, 1.54) is 0 Å². The molecule has 3 nitrogen and oxygen atoms in total. The molecular weight excluding hydrogens is 234 g/mol. The fourth-order valence-corrected chi connectivity index (χ4v) is 1.62. The Balaban J connectivity index is 3.34. The van der Waals surface area contributed by atoms with Crippen molar-refractivity contribution in [1.82, 2.24) is 0 Å². The van der Waals surface area contributed by atoms with Crippen LogP contribution in [0.1, 0.15) is 10.4 Å². The molecule has 0 aliphatic rings. The second-order valence-corrected chi connectivity index (χ2v) is 3.69. The van der Waals surface area contributed by atoms with E-state index in [1.807, 2.05) is 20.2 Å². The maximum Gasteiger partial charge on any atom is 0.338 e. The van der Waals surface area contributed by atoms with Crippen LogP contribution in [-0.2, 0) is 0 Å². The van der Waals surface area contributed by atoms with Gasteiger partial charge >= 0.3 is 5.97 Å². The number of rotatable bonds is 2. The molecule has 0 spiro atoms. The third-order valence-electron chi connectivity index (χ3n) is 1.69. The smallest absolute Gasteiger partial charge is 0.338 e. The van der Waals surface area contributed by atoms with Gasteiger partial charge in [-0.1, -0.05) is 6.07 Å². The van der Waals surface area contributed by atoms with E-state index < -0.39 is 5.97 Å². The summed E-state index contributed by atoms with van der Waals surface area (Å²) in [5.41, 5.74) is 0.995. The van der Waals surface area contributed by atoms with Gasteiger partial charge in [-0.25, -0.2) is 4.79 Å². The zero-order valence-electron chi connectivity index (χ0n) is 7.41. The molecule has 0 saturated heterocycles. The second kappa shape index (κ2) is 3.79. The molecule has 1 rings (SSSR count). The van der Waals surface area contributed by atoms with Crippen molar-refractivity contribution in [2.75, 3.05) is 19.0 Å². The average molecular weight is 244 g/mol. The first-order valence-electron chi connectivity index (χ1n) is 3.73. The average Bonchev–Trinajstić information content (AvgIpc) is 2.02. The number of carboxylic acids is 1. The van der Waals surface area contributed by atoms with Gasteiger partial charge in [0, 0.05) is 18.6 Å². The lowest BCUT2D eigenvalue weighted by atomic mass is 10.1. The summed E-state index contributed by atoms with van der Waals surface area (Å²) in [7, 11) is 3.63. The third kappa shape index (κ3) is 2.01. The van der Waals surface area contributed by atoms with E-state index in [9.17, 15) is 4.79 Å². The van der Waals surface area contributed by atoms with Gasteiger partial charge < -0.3 is 10.0 Å². The minimum Gasteiger partial charge on any atom is -0.478 e. The minimum atomic E-state index is -0.920. The molecule has 0 radical (unpaired) electrons. The second-order valence-electron chi connectivity index (χ2n) is 2.83. The molecule has 0 amide bonds. The summed E-state index contributed by atoms with van der Waals surface area (Å²) >= 11 is 3.21. The highest BCUT2D eigenvalue weighted by molar-refractivity contribution is 9.10. The zero-order valence-corrected chi connectivity index (χ0v) is 9.00. The van der Waals surface area contributed by atoms with Crippen LogP contribution in [0, 0.1) is 0 Å². The molecule has 13 heavy (non-hydrogen) atoms. The largest absolute Gasteiger partial charge is 0.478 e. The summed E-state index contributed by atoms with van der Waals surface area (Å²) in [6.07, 6.45) is 0. The fraction of sp³-hybridized carbons (Fsp3) is 0.222. The van der Waals surface area contributed by atoms with Crippen LogP contribution in [0.25, 0.3) is 0 Å². The molecule has 0 unspecified atom stereocenters. The Morgan fingerprint density at radius 3 is 2.46 bits per heavy atom. The number of carboxylic acid groups (broad SMARTS) is 1. The lowest BCUT2D eigenvalue weighted by molar-refractivity contribution is 0.0696. The van der Waals surface area contributed by atoms with Crippen molar-refractivity contribution in [2.24, 2.45) is 0 Å². The molecule has 1 aromatic carbocycles. The Morgan fingerprint density at radius 1 is 1.46 bits per heavy atom. The molecule has 0 saturated carbocycles. The van der Waals surface area contributed by atoms with Crippen LogP contribution in [0.4, 0.5) is 5.69 Å². The van der Waals surface area contributed by atoms with E-state index in [0.717, 1.165) is 0 Å². The number of benzene rings is 1. The van der Waals surface area contributed by atoms with E-state index in [4.69, 9.17) is 5.11 Å². The number of anilines is 1. The lowest BCUT2D eigenvalue weighted by Crippen LogP contribution is -2.14. The number of hydrogen-bond acceptors (Lipinski definition) is 2. The lowest BCUT2D eigenvalue weighted by Gasteiger charge is -2.15. The molecule has 1 N–H and O–H groups in total. The summed E-state index contributed by atoms with van der Waals surface area (Å²) < 4.78 is 0.603. The van der Waals surface area contributed by atoms with Crippen molar-refractivity contribution < 1.29 is 9.90 Å². The molecular formula is C9H10BrNO2. The summed E-state index contributed by atoms with van der Waals surface area (Å²) in [4.78, 5) is 12.7. The summed E-state index contributed by atoms with van der Waals surface area (Å²) in [6.45, 7) is 0. The molecule has 4 heteroatoms. The van der Waals surface area contributed by atoms with Gasteiger partial charge in [-0.3, -0.25) is 0 Å². The molecule has 0 bridgehead atoms. The number of halogens is 1. The first-order valence-corrected chi connectivity index (χ1v) is 4.52. The highest BCUT2D eigenvalue weighted by atomic mass is 79.9. The normalized spacial score (nSPS) is 9.77. The standard InChI is InChI=1S/C9H10BrNO2/c1-11(2)7-5-3-4-6(10)8(7)9(12)13/h3-5H,1-2H3,(H,12,13). The predicted octanol–water partition coefficient (Wildman–Crippen LogP) is 2.21. The van der Waals surface area contributed by atoms with E-state index in [-0.39, 0.29) is 0 Å².